The monoisotopic (exact) mass is 490 g/mol. The molecule has 0 unspecified atom stereocenters. The molecule has 0 radical (unpaired) electrons. The molecule has 1 saturated carbocycles. The van der Waals surface area contributed by atoms with E-state index in [9.17, 15) is 9.59 Å². The maximum atomic E-state index is 13.5. The molecular weight excluding hydrogens is 464 g/mol. The lowest BCUT2D eigenvalue weighted by atomic mass is 9.85. The van der Waals surface area contributed by atoms with E-state index < -0.39 is 0 Å². The van der Waals surface area contributed by atoms with E-state index in [0.717, 1.165) is 36.7 Å². The van der Waals surface area contributed by atoms with E-state index in [-0.39, 0.29) is 17.6 Å². The highest BCUT2D eigenvalue weighted by Crippen LogP contribution is 2.28. The lowest BCUT2D eigenvalue weighted by Crippen LogP contribution is -2.39. The fourth-order valence-electron chi connectivity index (χ4n) is 4.91. The summed E-state index contributed by atoms with van der Waals surface area (Å²) in [5.41, 5.74) is 9.25. The van der Waals surface area contributed by atoms with Crippen LogP contribution in [0, 0.1) is 12.8 Å². The second kappa shape index (κ2) is 9.54. The number of fused-ring (bicyclic) bond motifs is 1. The van der Waals surface area contributed by atoms with Crippen molar-refractivity contribution in [3.8, 4) is 5.69 Å². The molecular formula is C26H27ClN6O2. The summed E-state index contributed by atoms with van der Waals surface area (Å²) in [6.45, 7) is 2.43. The van der Waals surface area contributed by atoms with Crippen LogP contribution in [0.25, 0.3) is 16.7 Å². The van der Waals surface area contributed by atoms with Gasteiger partial charge in [0.05, 0.1) is 39.2 Å². The Morgan fingerprint density at radius 3 is 2.54 bits per heavy atom. The molecule has 1 aliphatic rings. The number of nitrogens with one attached hydrogen (secondary N) is 1. The van der Waals surface area contributed by atoms with Gasteiger partial charge in [-0.15, -0.1) is 0 Å². The number of nitrogens with zero attached hydrogens (tertiary/aromatic N) is 4. The number of aromatic nitrogens is 4. The molecule has 1 aromatic carbocycles. The zero-order chi connectivity index (χ0) is 24.5. The summed E-state index contributed by atoms with van der Waals surface area (Å²) in [4.78, 5) is 34.5. The Balaban J connectivity index is 1.30. The first kappa shape index (κ1) is 23.1. The Kier molecular flexibility index (Phi) is 6.30. The summed E-state index contributed by atoms with van der Waals surface area (Å²) in [6.07, 6.45) is 6.73. The number of rotatable bonds is 5. The van der Waals surface area contributed by atoms with Gasteiger partial charge in [-0.1, -0.05) is 23.7 Å². The number of hydrogen-bond donors (Lipinski definition) is 2. The van der Waals surface area contributed by atoms with Crippen molar-refractivity contribution >= 4 is 34.4 Å². The quantitative estimate of drug-likeness (QED) is 0.437. The Labute approximate surface area is 207 Å². The van der Waals surface area contributed by atoms with Gasteiger partial charge in [-0.3, -0.25) is 18.9 Å². The van der Waals surface area contributed by atoms with E-state index in [0.29, 0.717) is 40.2 Å². The zero-order valence-electron chi connectivity index (χ0n) is 19.4. The van der Waals surface area contributed by atoms with E-state index in [1.54, 1.807) is 36.0 Å². The normalized spacial score (nSPS) is 18.0. The van der Waals surface area contributed by atoms with Crippen LogP contribution in [-0.2, 0) is 6.54 Å². The predicted octanol–water partition coefficient (Wildman–Crippen LogP) is 4.12. The van der Waals surface area contributed by atoms with Crippen molar-refractivity contribution in [2.75, 3.05) is 5.73 Å². The van der Waals surface area contributed by atoms with E-state index in [2.05, 4.69) is 15.3 Å². The Hall–Kier alpha value is -3.65. The Morgan fingerprint density at radius 1 is 1.09 bits per heavy atom. The number of anilines is 1. The van der Waals surface area contributed by atoms with Gasteiger partial charge in [0.15, 0.2) is 0 Å². The molecule has 0 saturated heterocycles. The van der Waals surface area contributed by atoms with Gasteiger partial charge < -0.3 is 11.1 Å². The molecule has 0 aliphatic heterocycles. The number of benzene rings is 1. The summed E-state index contributed by atoms with van der Waals surface area (Å²) in [7, 11) is 0. The highest BCUT2D eigenvalue weighted by molar-refractivity contribution is 6.30. The van der Waals surface area contributed by atoms with Gasteiger partial charge in [-0.2, -0.15) is 0 Å². The molecule has 8 nitrogen and oxygen atoms in total. The number of pyridine rings is 2. The van der Waals surface area contributed by atoms with Gasteiger partial charge in [0.2, 0.25) is 0 Å². The summed E-state index contributed by atoms with van der Waals surface area (Å²) >= 11 is 6.02. The lowest BCUT2D eigenvalue weighted by molar-refractivity contribution is 0.0919. The second-order valence-corrected chi connectivity index (χ2v) is 9.57. The molecule has 9 heteroatoms. The number of nitrogens with two attached hydrogens (primary N) is 1. The number of carbonyl (C=O) groups excluding carboxylic acids is 1. The standard InChI is InChI=1S/C26H27ClN6O2/c1-16-21(12-18(27)13-29-16)25(34)31-19-8-6-17(7-9-19)15-32-22-4-2-3-5-23(22)33(26(32)35)20-10-11-24(28)30-14-20/h2-5,10-14,17,19H,6-9,15H2,1H3,(H2,28,30)(H,31,34). The number of para-hydroxylation sites is 2. The molecule has 0 atom stereocenters. The topological polar surface area (TPSA) is 108 Å². The Morgan fingerprint density at radius 2 is 1.83 bits per heavy atom. The highest BCUT2D eigenvalue weighted by atomic mass is 35.5. The largest absolute Gasteiger partial charge is 0.384 e. The number of imidazole rings is 1. The average Bonchev–Trinajstić information content (AvgIpc) is 3.13. The van der Waals surface area contributed by atoms with E-state index in [1.807, 2.05) is 34.9 Å². The summed E-state index contributed by atoms with van der Waals surface area (Å²) in [5.74, 6) is 0.618. The predicted molar refractivity (Wildman–Crippen MR) is 137 cm³/mol. The van der Waals surface area contributed by atoms with Gasteiger partial charge >= 0.3 is 5.69 Å². The van der Waals surface area contributed by atoms with Crippen molar-refractivity contribution in [2.24, 2.45) is 5.92 Å². The maximum absolute atomic E-state index is 13.5. The van der Waals surface area contributed by atoms with E-state index in [4.69, 9.17) is 17.3 Å². The van der Waals surface area contributed by atoms with Crippen molar-refractivity contribution < 1.29 is 4.79 Å². The van der Waals surface area contributed by atoms with Crippen LogP contribution in [0.5, 0.6) is 0 Å². The average molecular weight is 491 g/mol. The van der Waals surface area contributed by atoms with E-state index >= 15 is 0 Å². The smallest absolute Gasteiger partial charge is 0.333 e. The molecule has 0 spiro atoms. The summed E-state index contributed by atoms with van der Waals surface area (Å²) < 4.78 is 3.55. The van der Waals surface area contributed by atoms with Gasteiger partial charge in [-0.25, -0.2) is 9.78 Å². The SMILES string of the molecule is Cc1ncc(Cl)cc1C(=O)NC1CCC(Cn2c(=O)n(-c3ccc(N)nc3)c3ccccc32)CC1. The van der Waals surface area contributed by atoms with Crippen LogP contribution >= 0.6 is 11.6 Å². The number of halogens is 1. The minimum atomic E-state index is -0.141. The van der Waals surface area contributed by atoms with Gasteiger partial charge in [-0.05, 0) is 68.9 Å². The fraction of sp³-hybridized carbons (Fsp3) is 0.308. The first-order valence-electron chi connectivity index (χ1n) is 11.8. The van der Waals surface area contributed by atoms with Crippen LogP contribution < -0.4 is 16.7 Å². The first-order chi connectivity index (χ1) is 16.9. The van der Waals surface area contributed by atoms with Gasteiger partial charge in [0.25, 0.3) is 5.91 Å². The van der Waals surface area contributed by atoms with Crippen LogP contribution in [0.4, 0.5) is 5.82 Å². The van der Waals surface area contributed by atoms with Crippen molar-refractivity contribution in [3.05, 3.63) is 81.6 Å². The van der Waals surface area contributed by atoms with Crippen LogP contribution in [0.15, 0.2) is 59.7 Å². The maximum Gasteiger partial charge on any atom is 0.333 e. The van der Waals surface area contributed by atoms with Crippen molar-refractivity contribution in [3.63, 3.8) is 0 Å². The van der Waals surface area contributed by atoms with Crippen LogP contribution in [0.3, 0.4) is 0 Å². The summed E-state index contributed by atoms with van der Waals surface area (Å²) in [6, 6.07) is 13.1. The molecule has 1 fully saturated rings. The minimum Gasteiger partial charge on any atom is -0.384 e. The lowest BCUT2D eigenvalue weighted by Gasteiger charge is -2.29. The molecule has 35 heavy (non-hydrogen) atoms. The number of amides is 1. The third-order valence-electron chi connectivity index (χ3n) is 6.79. The molecule has 3 heterocycles. The van der Waals surface area contributed by atoms with Crippen LogP contribution in [-0.4, -0.2) is 31.1 Å². The minimum absolute atomic E-state index is 0.0860. The highest BCUT2D eigenvalue weighted by Gasteiger charge is 2.25. The molecule has 3 aromatic heterocycles. The van der Waals surface area contributed by atoms with Crippen molar-refractivity contribution in [1.29, 1.82) is 0 Å². The zero-order valence-corrected chi connectivity index (χ0v) is 20.2. The van der Waals surface area contributed by atoms with Crippen LogP contribution in [0.1, 0.15) is 41.7 Å². The third kappa shape index (κ3) is 4.66. The van der Waals surface area contributed by atoms with Crippen LogP contribution in [0.2, 0.25) is 5.02 Å². The summed E-state index contributed by atoms with van der Waals surface area (Å²) in [5, 5.41) is 3.58. The van der Waals surface area contributed by atoms with Crippen molar-refractivity contribution in [1.82, 2.24) is 24.4 Å². The number of hydrogen-bond acceptors (Lipinski definition) is 5. The number of nitrogen functional groups attached to an aromatic ring is 1. The first-order valence-corrected chi connectivity index (χ1v) is 12.1. The second-order valence-electron chi connectivity index (χ2n) is 9.14. The fourth-order valence-corrected chi connectivity index (χ4v) is 5.07. The molecule has 1 amide bonds. The Bertz CT molecular complexity index is 1430. The molecule has 0 bridgehead atoms. The molecule has 1 aliphatic carbocycles. The number of aryl methyl sites for hydroxylation is 1. The third-order valence-corrected chi connectivity index (χ3v) is 6.99. The van der Waals surface area contributed by atoms with Gasteiger partial charge in [0, 0.05) is 18.8 Å². The van der Waals surface area contributed by atoms with Crippen molar-refractivity contribution in [2.45, 2.75) is 45.2 Å². The number of carbonyl (C=O) groups is 1. The van der Waals surface area contributed by atoms with Gasteiger partial charge in [0.1, 0.15) is 5.82 Å². The van der Waals surface area contributed by atoms with E-state index in [1.165, 1.54) is 0 Å². The molecule has 5 rings (SSSR count). The molecule has 4 aromatic rings. The molecule has 180 valence electrons. The molecule has 3 N–H and O–H groups in total.